The van der Waals surface area contributed by atoms with E-state index in [0.29, 0.717) is 5.13 Å². The summed E-state index contributed by atoms with van der Waals surface area (Å²) >= 11 is 7.25. The molecule has 3 aromatic rings. The molecule has 9 heteroatoms. The van der Waals surface area contributed by atoms with Gasteiger partial charge < -0.3 is 0 Å². The normalized spacial score (nSPS) is 11.1. The molecule has 0 fully saturated rings. The second-order valence-electron chi connectivity index (χ2n) is 4.90. The molecule has 0 saturated heterocycles. The number of carbonyl (C=O) groups is 1. The third kappa shape index (κ3) is 4.16. The maximum atomic E-state index is 12.5. The van der Waals surface area contributed by atoms with Crippen LogP contribution in [0, 0.1) is 0 Å². The molecule has 1 aromatic heterocycles. The van der Waals surface area contributed by atoms with Gasteiger partial charge >= 0.3 is 0 Å². The molecule has 3 rings (SSSR count). The van der Waals surface area contributed by atoms with E-state index in [4.69, 9.17) is 11.6 Å². The molecule has 0 spiro atoms. The molecule has 25 heavy (non-hydrogen) atoms. The molecule has 0 aliphatic heterocycles. The Bertz CT molecular complexity index is 1000. The van der Waals surface area contributed by atoms with Crippen LogP contribution in [0.25, 0.3) is 0 Å². The van der Waals surface area contributed by atoms with Crippen molar-refractivity contribution in [1.82, 2.24) is 4.98 Å². The van der Waals surface area contributed by atoms with Gasteiger partial charge in [0, 0.05) is 17.1 Å². The predicted molar refractivity (Wildman–Crippen MR) is 98.8 cm³/mol. The molecule has 1 heterocycles. The molecule has 0 aliphatic carbocycles. The maximum Gasteiger partial charge on any atom is 0.261 e. The molecule has 2 aromatic carbocycles. The molecule has 0 unspecified atom stereocenters. The minimum absolute atomic E-state index is 0.0424. The van der Waals surface area contributed by atoms with Crippen molar-refractivity contribution in [2.75, 3.05) is 10.0 Å². The Morgan fingerprint density at radius 2 is 1.92 bits per heavy atom. The third-order valence-corrected chi connectivity index (χ3v) is 5.56. The zero-order chi connectivity index (χ0) is 17.9. The summed E-state index contributed by atoms with van der Waals surface area (Å²) in [4.78, 5) is 16.1. The van der Waals surface area contributed by atoms with E-state index in [0.717, 1.165) is 0 Å². The summed E-state index contributed by atoms with van der Waals surface area (Å²) in [5.41, 5.74) is 0.471. The average Bonchev–Trinajstić information content (AvgIpc) is 3.10. The molecule has 0 radical (unpaired) electrons. The highest BCUT2D eigenvalue weighted by atomic mass is 35.5. The molecule has 0 saturated carbocycles. The van der Waals surface area contributed by atoms with Crippen LogP contribution < -0.4 is 10.0 Å². The number of carbonyl (C=O) groups excluding carboxylic acids is 1. The molecular formula is C16H12ClN3O3S2. The number of nitrogens with zero attached hydrogens (tertiary/aromatic N) is 1. The van der Waals surface area contributed by atoms with Gasteiger partial charge in [-0.1, -0.05) is 29.8 Å². The SMILES string of the molecule is O=C(Nc1nccs1)c1cccc(S(=O)(=O)Nc2ccccc2Cl)c1. The summed E-state index contributed by atoms with van der Waals surface area (Å²) in [5, 5.41) is 5.05. The van der Waals surface area contributed by atoms with Gasteiger partial charge in [-0.05, 0) is 30.3 Å². The van der Waals surface area contributed by atoms with Gasteiger partial charge in [0.05, 0.1) is 15.6 Å². The van der Waals surface area contributed by atoms with Crippen LogP contribution in [0.1, 0.15) is 10.4 Å². The van der Waals surface area contributed by atoms with Crippen LogP contribution in [-0.2, 0) is 10.0 Å². The van der Waals surface area contributed by atoms with E-state index in [1.54, 1.807) is 35.8 Å². The largest absolute Gasteiger partial charge is 0.298 e. The Morgan fingerprint density at radius 1 is 1.12 bits per heavy atom. The van der Waals surface area contributed by atoms with E-state index < -0.39 is 15.9 Å². The monoisotopic (exact) mass is 393 g/mol. The van der Waals surface area contributed by atoms with Gasteiger partial charge in [-0.15, -0.1) is 11.3 Å². The Kier molecular flexibility index (Phi) is 5.03. The molecule has 0 atom stereocenters. The number of nitrogens with one attached hydrogen (secondary N) is 2. The number of aromatic nitrogens is 1. The highest BCUT2D eigenvalue weighted by Crippen LogP contribution is 2.24. The molecule has 2 N–H and O–H groups in total. The Balaban J connectivity index is 1.85. The lowest BCUT2D eigenvalue weighted by Crippen LogP contribution is -2.16. The Morgan fingerprint density at radius 3 is 2.64 bits per heavy atom. The standard InChI is InChI=1S/C16H12ClN3O3S2/c17-13-6-1-2-7-14(13)20-25(22,23)12-5-3-4-11(10-12)15(21)19-16-18-8-9-24-16/h1-10,20H,(H,18,19,21). The Hall–Kier alpha value is -2.42. The summed E-state index contributed by atoms with van der Waals surface area (Å²) in [6.45, 7) is 0. The summed E-state index contributed by atoms with van der Waals surface area (Å²) in [5.74, 6) is -0.440. The van der Waals surface area contributed by atoms with Gasteiger partial charge in [0.25, 0.3) is 15.9 Å². The van der Waals surface area contributed by atoms with E-state index in [9.17, 15) is 13.2 Å². The van der Waals surface area contributed by atoms with Crippen LogP contribution in [0.2, 0.25) is 5.02 Å². The lowest BCUT2D eigenvalue weighted by molar-refractivity contribution is 0.102. The minimum Gasteiger partial charge on any atom is -0.298 e. The van der Waals surface area contributed by atoms with Gasteiger partial charge in [-0.2, -0.15) is 0 Å². The molecule has 0 bridgehead atoms. The van der Waals surface area contributed by atoms with Crippen molar-refractivity contribution < 1.29 is 13.2 Å². The number of hydrogen-bond acceptors (Lipinski definition) is 5. The molecular weight excluding hydrogens is 382 g/mol. The lowest BCUT2D eigenvalue weighted by atomic mass is 10.2. The number of benzene rings is 2. The predicted octanol–water partition coefficient (Wildman–Crippen LogP) is 3.85. The molecule has 128 valence electrons. The van der Waals surface area contributed by atoms with Crippen molar-refractivity contribution in [3.8, 4) is 0 Å². The number of amides is 1. The van der Waals surface area contributed by atoms with E-state index in [1.807, 2.05) is 0 Å². The van der Waals surface area contributed by atoms with Gasteiger partial charge in [0.15, 0.2) is 5.13 Å². The summed E-state index contributed by atoms with van der Waals surface area (Å²) in [6.07, 6.45) is 1.56. The van der Waals surface area contributed by atoms with E-state index in [-0.39, 0.29) is 21.2 Å². The van der Waals surface area contributed by atoms with Gasteiger partial charge in [0.1, 0.15) is 0 Å². The van der Waals surface area contributed by atoms with Crippen LogP contribution in [0.5, 0.6) is 0 Å². The van der Waals surface area contributed by atoms with E-state index in [1.165, 1.54) is 35.6 Å². The van der Waals surface area contributed by atoms with Crippen molar-refractivity contribution in [3.63, 3.8) is 0 Å². The smallest absolute Gasteiger partial charge is 0.261 e. The lowest BCUT2D eigenvalue weighted by Gasteiger charge is -2.10. The van der Waals surface area contributed by atoms with E-state index >= 15 is 0 Å². The quantitative estimate of drug-likeness (QED) is 0.689. The van der Waals surface area contributed by atoms with Crippen LogP contribution >= 0.6 is 22.9 Å². The first-order chi connectivity index (χ1) is 12.0. The van der Waals surface area contributed by atoms with Crippen molar-refractivity contribution in [1.29, 1.82) is 0 Å². The zero-order valence-electron chi connectivity index (χ0n) is 12.6. The highest BCUT2D eigenvalue weighted by Gasteiger charge is 2.18. The first kappa shape index (κ1) is 17.4. The van der Waals surface area contributed by atoms with Crippen molar-refractivity contribution in [3.05, 3.63) is 70.7 Å². The maximum absolute atomic E-state index is 12.5. The van der Waals surface area contributed by atoms with Crippen LogP contribution in [-0.4, -0.2) is 19.3 Å². The van der Waals surface area contributed by atoms with Crippen LogP contribution in [0.15, 0.2) is 65.0 Å². The fraction of sp³-hybridized carbons (Fsp3) is 0. The number of thiazole rings is 1. The third-order valence-electron chi connectivity index (χ3n) is 3.18. The summed E-state index contributed by atoms with van der Waals surface area (Å²) in [7, 11) is -3.88. The topological polar surface area (TPSA) is 88.2 Å². The van der Waals surface area contributed by atoms with Crippen molar-refractivity contribution in [2.24, 2.45) is 0 Å². The fourth-order valence-corrected chi connectivity index (χ4v) is 3.89. The first-order valence-corrected chi connectivity index (χ1v) is 9.78. The van der Waals surface area contributed by atoms with Gasteiger partial charge in [0.2, 0.25) is 0 Å². The number of hydrogen-bond donors (Lipinski definition) is 2. The highest BCUT2D eigenvalue weighted by molar-refractivity contribution is 7.92. The second kappa shape index (κ2) is 7.22. The number of anilines is 2. The van der Waals surface area contributed by atoms with Crippen molar-refractivity contribution >= 4 is 49.7 Å². The van der Waals surface area contributed by atoms with Gasteiger partial charge in [-0.25, -0.2) is 13.4 Å². The number of rotatable bonds is 5. The Labute approximate surface area is 153 Å². The zero-order valence-corrected chi connectivity index (χ0v) is 15.0. The van der Waals surface area contributed by atoms with Crippen LogP contribution in [0.3, 0.4) is 0 Å². The van der Waals surface area contributed by atoms with Crippen LogP contribution in [0.4, 0.5) is 10.8 Å². The van der Waals surface area contributed by atoms with Crippen molar-refractivity contribution in [2.45, 2.75) is 4.90 Å². The van der Waals surface area contributed by atoms with E-state index in [2.05, 4.69) is 15.0 Å². The number of para-hydroxylation sites is 1. The molecule has 1 amide bonds. The molecule has 6 nitrogen and oxygen atoms in total. The van der Waals surface area contributed by atoms with Gasteiger partial charge in [-0.3, -0.25) is 14.8 Å². The molecule has 0 aliphatic rings. The number of halogens is 1. The average molecular weight is 394 g/mol. The minimum atomic E-state index is -3.88. The number of sulfonamides is 1. The fourth-order valence-electron chi connectivity index (χ4n) is 2.01. The first-order valence-electron chi connectivity index (χ1n) is 7.04. The second-order valence-corrected chi connectivity index (χ2v) is 7.89. The summed E-state index contributed by atoms with van der Waals surface area (Å²) < 4.78 is 27.5. The summed E-state index contributed by atoms with van der Waals surface area (Å²) in [6, 6.07) is 12.2.